The second-order valence-electron chi connectivity index (χ2n) is 6.08. The van der Waals surface area contributed by atoms with E-state index in [-0.39, 0.29) is 5.91 Å². The molecule has 0 bridgehead atoms. The van der Waals surface area contributed by atoms with Gasteiger partial charge in [-0.3, -0.25) is 4.79 Å². The number of aryl methyl sites for hydroxylation is 3. The number of benzene rings is 1. The van der Waals surface area contributed by atoms with Gasteiger partial charge in [0, 0.05) is 11.6 Å². The Bertz CT molecular complexity index is 678. The Hall–Kier alpha value is -1.81. The van der Waals surface area contributed by atoms with Crippen LogP contribution in [0.25, 0.3) is 0 Å². The van der Waals surface area contributed by atoms with E-state index in [9.17, 15) is 4.79 Å². The molecule has 1 amide bonds. The number of ether oxygens (including phenoxy) is 1. The Morgan fingerprint density at radius 3 is 2.55 bits per heavy atom. The van der Waals surface area contributed by atoms with Crippen LogP contribution in [0, 0.1) is 20.8 Å². The Balaban J connectivity index is 1.64. The number of carbonyl (C=O) groups excluding carboxylic acids is 1. The summed E-state index contributed by atoms with van der Waals surface area (Å²) in [5.74, 6) is 0.988. The third kappa shape index (κ3) is 3.50. The molecule has 0 saturated heterocycles. The largest absolute Gasteiger partial charge is 0.488 e. The summed E-state index contributed by atoms with van der Waals surface area (Å²) in [6, 6.07) is 6.59. The van der Waals surface area contributed by atoms with Crippen LogP contribution in [0.2, 0.25) is 0 Å². The molecule has 1 heterocycles. The fourth-order valence-electron chi connectivity index (χ4n) is 2.60. The van der Waals surface area contributed by atoms with Gasteiger partial charge in [0.25, 0.3) is 5.91 Å². The highest BCUT2D eigenvalue weighted by atomic mass is 32.1. The molecule has 1 fully saturated rings. The molecular formula is C18H21NO2S. The zero-order chi connectivity index (χ0) is 15.7. The second-order valence-corrected chi connectivity index (χ2v) is 6.99. The van der Waals surface area contributed by atoms with Crippen LogP contribution in [-0.4, -0.2) is 11.9 Å². The van der Waals surface area contributed by atoms with Crippen molar-refractivity contribution in [3.8, 4) is 5.75 Å². The van der Waals surface area contributed by atoms with Crippen LogP contribution < -0.4 is 10.1 Å². The first kappa shape index (κ1) is 15.1. The van der Waals surface area contributed by atoms with Gasteiger partial charge in [0.1, 0.15) is 12.4 Å². The molecule has 3 rings (SSSR count). The molecule has 22 heavy (non-hydrogen) atoms. The van der Waals surface area contributed by atoms with Gasteiger partial charge in [0.15, 0.2) is 0 Å². The van der Waals surface area contributed by atoms with E-state index in [0.29, 0.717) is 12.6 Å². The maximum absolute atomic E-state index is 12.0. The molecule has 0 unspecified atom stereocenters. The van der Waals surface area contributed by atoms with Gasteiger partial charge in [-0.05, 0) is 56.2 Å². The van der Waals surface area contributed by atoms with Crippen LogP contribution in [0.5, 0.6) is 5.75 Å². The van der Waals surface area contributed by atoms with E-state index in [0.717, 1.165) is 40.2 Å². The summed E-state index contributed by atoms with van der Waals surface area (Å²) in [6.07, 6.45) is 2.22. The van der Waals surface area contributed by atoms with Crippen molar-refractivity contribution in [1.82, 2.24) is 5.32 Å². The van der Waals surface area contributed by atoms with Crippen LogP contribution in [0.3, 0.4) is 0 Å². The summed E-state index contributed by atoms with van der Waals surface area (Å²) >= 11 is 1.48. The fraction of sp³-hybridized carbons (Fsp3) is 0.389. The lowest BCUT2D eigenvalue weighted by atomic mass is 10.1. The zero-order valence-electron chi connectivity index (χ0n) is 13.2. The van der Waals surface area contributed by atoms with E-state index in [1.807, 2.05) is 11.4 Å². The van der Waals surface area contributed by atoms with E-state index >= 15 is 0 Å². The zero-order valence-corrected chi connectivity index (χ0v) is 14.0. The van der Waals surface area contributed by atoms with Gasteiger partial charge in [0.05, 0.1) is 4.88 Å². The average molecular weight is 315 g/mol. The molecule has 1 aromatic carbocycles. The molecule has 4 heteroatoms. The van der Waals surface area contributed by atoms with E-state index in [1.165, 1.54) is 16.9 Å². The van der Waals surface area contributed by atoms with Gasteiger partial charge >= 0.3 is 0 Å². The lowest BCUT2D eigenvalue weighted by Crippen LogP contribution is -2.24. The lowest BCUT2D eigenvalue weighted by molar-refractivity contribution is 0.0955. The van der Waals surface area contributed by atoms with Crippen LogP contribution in [0.15, 0.2) is 23.6 Å². The minimum atomic E-state index is 0.0430. The molecular weight excluding hydrogens is 294 g/mol. The normalized spacial score (nSPS) is 14.0. The maximum atomic E-state index is 12.0. The Labute approximate surface area is 135 Å². The van der Waals surface area contributed by atoms with Crippen molar-refractivity contribution < 1.29 is 9.53 Å². The summed E-state index contributed by atoms with van der Waals surface area (Å²) in [4.78, 5) is 12.8. The van der Waals surface area contributed by atoms with Crippen molar-refractivity contribution in [3.05, 3.63) is 50.7 Å². The fourth-order valence-corrected chi connectivity index (χ4v) is 3.40. The van der Waals surface area contributed by atoms with Crippen molar-refractivity contribution >= 4 is 17.2 Å². The first-order valence-corrected chi connectivity index (χ1v) is 8.50. The SMILES string of the molecule is Cc1cc(C)c(OCc2csc(C(=O)NC3CC3)c2)c(C)c1. The molecule has 0 atom stereocenters. The number of hydrogen-bond donors (Lipinski definition) is 1. The second kappa shape index (κ2) is 6.13. The minimum absolute atomic E-state index is 0.0430. The van der Waals surface area contributed by atoms with E-state index < -0.39 is 0 Å². The number of nitrogens with one attached hydrogen (secondary N) is 1. The number of hydrogen-bond acceptors (Lipinski definition) is 3. The molecule has 1 aromatic heterocycles. The highest BCUT2D eigenvalue weighted by molar-refractivity contribution is 7.12. The quantitative estimate of drug-likeness (QED) is 0.900. The predicted molar refractivity (Wildman–Crippen MR) is 89.8 cm³/mol. The molecule has 0 radical (unpaired) electrons. The molecule has 1 aliphatic rings. The van der Waals surface area contributed by atoms with Crippen molar-refractivity contribution in [3.63, 3.8) is 0 Å². The number of carbonyl (C=O) groups is 1. The third-order valence-corrected chi connectivity index (χ3v) is 4.76. The summed E-state index contributed by atoms with van der Waals surface area (Å²) in [6.45, 7) is 6.72. The molecule has 116 valence electrons. The number of rotatable bonds is 5. The van der Waals surface area contributed by atoms with Gasteiger partial charge < -0.3 is 10.1 Å². The van der Waals surface area contributed by atoms with Crippen LogP contribution in [0.4, 0.5) is 0 Å². The van der Waals surface area contributed by atoms with Crippen molar-refractivity contribution in [2.45, 2.75) is 46.3 Å². The summed E-state index contributed by atoms with van der Waals surface area (Å²) in [5.41, 5.74) is 4.60. The molecule has 1 aliphatic carbocycles. The molecule has 1 N–H and O–H groups in total. The third-order valence-electron chi connectivity index (χ3n) is 3.78. The van der Waals surface area contributed by atoms with E-state index in [2.05, 4.69) is 38.2 Å². The predicted octanol–water partition coefficient (Wildman–Crippen LogP) is 4.14. The molecule has 1 saturated carbocycles. The van der Waals surface area contributed by atoms with Crippen molar-refractivity contribution in [2.75, 3.05) is 0 Å². The number of thiophene rings is 1. The average Bonchev–Trinajstić information content (AvgIpc) is 3.13. The van der Waals surface area contributed by atoms with Crippen LogP contribution in [0.1, 0.15) is 44.8 Å². The van der Waals surface area contributed by atoms with Crippen molar-refractivity contribution in [2.24, 2.45) is 0 Å². The Morgan fingerprint density at radius 2 is 1.91 bits per heavy atom. The molecule has 2 aromatic rings. The number of amides is 1. The van der Waals surface area contributed by atoms with Gasteiger partial charge in [-0.25, -0.2) is 0 Å². The molecule has 3 nitrogen and oxygen atoms in total. The smallest absolute Gasteiger partial charge is 0.261 e. The molecule has 0 spiro atoms. The van der Waals surface area contributed by atoms with Gasteiger partial charge in [-0.1, -0.05) is 17.7 Å². The standard InChI is InChI=1S/C18H21NO2S/c1-11-6-12(2)17(13(3)7-11)21-9-14-8-16(22-10-14)18(20)19-15-4-5-15/h6-8,10,15H,4-5,9H2,1-3H3,(H,19,20). The summed E-state index contributed by atoms with van der Waals surface area (Å²) < 4.78 is 5.97. The van der Waals surface area contributed by atoms with Gasteiger partial charge in [-0.2, -0.15) is 0 Å². The van der Waals surface area contributed by atoms with Crippen LogP contribution in [-0.2, 0) is 6.61 Å². The topological polar surface area (TPSA) is 38.3 Å². The van der Waals surface area contributed by atoms with Crippen molar-refractivity contribution in [1.29, 1.82) is 0 Å². The Kier molecular flexibility index (Phi) is 4.21. The Morgan fingerprint density at radius 1 is 1.23 bits per heavy atom. The van der Waals surface area contributed by atoms with E-state index in [4.69, 9.17) is 4.74 Å². The summed E-state index contributed by atoms with van der Waals surface area (Å²) in [5, 5.41) is 5.01. The minimum Gasteiger partial charge on any atom is -0.488 e. The first-order valence-electron chi connectivity index (χ1n) is 7.62. The monoisotopic (exact) mass is 315 g/mol. The van der Waals surface area contributed by atoms with Crippen LogP contribution >= 0.6 is 11.3 Å². The highest BCUT2D eigenvalue weighted by Crippen LogP contribution is 2.26. The first-order chi connectivity index (χ1) is 10.5. The lowest BCUT2D eigenvalue weighted by Gasteiger charge is -2.12. The van der Waals surface area contributed by atoms with Gasteiger partial charge in [-0.15, -0.1) is 11.3 Å². The van der Waals surface area contributed by atoms with Gasteiger partial charge in [0.2, 0.25) is 0 Å². The van der Waals surface area contributed by atoms with E-state index in [1.54, 1.807) is 0 Å². The summed E-state index contributed by atoms with van der Waals surface area (Å²) in [7, 11) is 0. The highest BCUT2D eigenvalue weighted by Gasteiger charge is 2.24. The maximum Gasteiger partial charge on any atom is 0.261 e. The molecule has 0 aliphatic heterocycles.